The van der Waals surface area contributed by atoms with E-state index >= 15 is 0 Å². The summed E-state index contributed by atoms with van der Waals surface area (Å²) >= 11 is 0. The van der Waals surface area contributed by atoms with Gasteiger partial charge in [0.2, 0.25) is 5.95 Å². The minimum absolute atomic E-state index is 0.624. The lowest BCUT2D eigenvalue weighted by Gasteiger charge is -2.14. The Kier molecular flexibility index (Phi) is 4.66. The Morgan fingerprint density at radius 1 is 0.545 bits per heavy atom. The number of aromatic nitrogens is 4. The van der Waals surface area contributed by atoms with E-state index in [9.17, 15) is 0 Å². The summed E-state index contributed by atoms with van der Waals surface area (Å²) in [6, 6.07) is 42.0. The second kappa shape index (κ2) is 8.72. The summed E-state index contributed by atoms with van der Waals surface area (Å²) in [6.07, 6.45) is 3.77. The van der Waals surface area contributed by atoms with Crippen molar-refractivity contribution >= 4 is 76.2 Å². The largest absolute Gasteiger partial charge is 0.455 e. The molecule has 0 N–H and O–H groups in total. The maximum absolute atomic E-state index is 6.59. The second-order valence-corrected chi connectivity index (χ2v) is 11.2. The Hall–Kier alpha value is -6.07. The standard InChI is InChI=1S/C39H22N4O/c1-2-11-24(12-3-1)35-29-19-18-23-10-4-5-13-25(23)36(29)42-39(41-35)43-31-16-8-6-14-27(31)33-26-20-21-40-22-30(26)38-34(37(33)43)28-15-7-9-17-32(28)44-38/h1-22H. The molecular formula is C39H22N4O. The van der Waals surface area contributed by atoms with E-state index < -0.39 is 0 Å². The van der Waals surface area contributed by atoms with Crippen molar-refractivity contribution in [3.05, 3.63) is 134 Å². The van der Waals surface area contributed by atoms with Gasteiger partial charge in [-0.2, -0.15) is 0 Å². The van der Waals surface area contributed by atoms with Crippen molar-refractivity contribution in [2.75, 3.05) is 0 Å². The number of rotatable bonds is 2. The van der Waals surface area contributed by atoms with Gasteiger partial charge in [-0.15, -0.1) is 0 Å². The van der Waals surface area contributed by atoms with Crippen LogP contribution in [0.2, 0.25) is 0 Å². The number of hydrogen-bond acceptors (Lipinski definition) is 4. The van der Waals surface area contributed by atoms with Crippen LogP contribution in [0.4, 0.5) is 0 Å². The van der Waals surface area contributed by atoms with E-state index in [1.807, 2.05) is 30.6 Å². The summed E-state index contributed by atoms with van der Waals surface area (Å²) < 4.78 is 8.83. The van der Waals surface area contributed by atoms with Gasteiger partial charge in [0.15, 0.2) is 0 Å². The van der Waals surface area contributed by atoms with Gasteiger partial charge >= 0.3 is 0 Å². The summed E-state index contributed by atoms with van der Waals surface area (Å²) in [4.78, 5) is 15.3. The van der Waals surface area contributed by atoms with Crippen LogP contribution in [0.25, 0.3) is 93.4 Å². The number of nitrogens with zero attached hydrogens (tertiary/aromatic N) is 4. The second-order valence-electron chi connectivity index (χ2n) is 11.2. The maximum Gasteiger partial charge on any atom is 0.235 e. The van der Waals surface area contributed by atoms with Crippen molar-refractivity contribution in [2.45, 2.75) is 0 Å². The molecule has 44 heavy (non-hydrogen) atoms. The Bertz CT molecular complexity index is 2780. The van der Waals surface area contributed by atoms with Crippen molar-refractivity contribution in [1.82, 2.24) is 19.5 Å². The van der Waals surface area contributed by atoms with Crippen molar-refractivity contribution in [1.29, 1.82) is 0 Å². The zero-order chi connectivity index (χ0) is 28.8. The molecule has 0 saturated heterocycles. The van der Waals surface area contributed by atoms with Crippen molar-refractivity contribution in [2.24, 2.45) is 0 Å². The molecule has 5 heteroatoms. The van der Waals surface area contributed by atoms with Gasteiger partial charge in [0, 0.05) is 50.3 Å². The molecular weight excluding hydrogens is 540 g/mol. The third kappa shape index (κ3) is 3.10. The molecule has 0 spiro atoms. The predicted molar refractivity (Wildman–Crippen MR) is 179 cm³/mol. The third-order valence-electron chi connectivity index (χ3n) is 8.87. The number of furan rings is 1. The Morgan fingerprint density at radius 2 is 1.32 bits per heavy atom. The molecule has 0 amide bonds. The molecule has 4 heterocycles. The minimum Gasteiger partial charge on any atom is -0.455 e. The minimum atomic E-state index is 0.624. The Balaban J connectivity index is 1.48. The number of para-hydroxylation sites is 2. The van der Waals surface area contributed by atoms with Gasteiger partial charge in [-0.25, -0.2) is 9.97 Å². The Labute approximate surface area is 250 Å². The molecule has 4 aromatic heterocycles. The molecule has 0 bridgehead atoms. The van der Waals surface area contributed by atoms with Gasteiger partial charge in [0.25, 0.3) is 0 Å². The highest BCUT2D eigenvalue weighted by atomic mass is 16.3. The topological polar surface area (TPSA) is 56.7 Å². The number of pyridine rings is 1. The van der Waals surface area contributed by atoms with Crippen LogP contribution in [0.15, 0.2) is 138 Å². The van der Waals surface area contributed by atoms with Gasteiger partial charge in [-0.3, -0.25) is 9.55 Å². The number of fused-ring (bicyclic) bond motifs is 13. The van der Waals surface area contributed by atoms with E-state index in [0.29, 0.717) is 5.95 Å². The first kappa shape index (κ1) is 23.5. The first-order chi connectivity index (χ1) is 21.8. The average Bonchev–Trinajstić information content (AvgIpc) is 3.65. The van der Waals surface area contributed by atoms with Gasteiger partial charge in [0.1, 0.15) is 11.2 Å². The van der Waals surface area contributed by atoms with E-state index in [1.54, 1.807) is 0 Å². The average molecular weight is 563 g/mol. The first-order valence-corrected chi connectivity index (χ1v) is 14.7. The highest BCUT2D eigenvalue weighted by molar-refractivity contribution is 6.35. The number of benzene rings is 6. The highest BCUT2D eigenvalue weighted by Crippen LogP contribution is 2.45. The zero-order valence-corrected chi connectivity index (χ0v) is 23.4. The molecule has 0 aliphatic carbocycles. The van der Waals surface area contributed by atoms with Crippen LogP contribution in [-0.4, -0.2) is 19.5 Å². The zero-order valence-electron chi connectivity index (χ0n) is 23.4. The molecule has 0 aliphatic rings. The molecule has 5 nitrogen and oxygen atoms in total. The molecule has 204 valence electrons. The first-order valence-electron chi connectivity index (χ1n) is 14.7. The molecule has 0 radical (unpaired) electrons. The van der Waals surface area contributed by atoms with Crippen molar-refractivity contribution in [3.63, 3.8) is 0 Å². The third-order valence-corrected chi connectivity index (χ3v) is 8.87. The summed E-state index contributed by atoms with van der Waals surface area (Å²) in [6.45, 7) is 0. The molecule has 0 atom stereocenters. The molecule has 10 rings (SSSR count). The van der Waals surface area contributed by atoms with Gasteiger partial charge in [0.05, 0.1) is 27.6 Å². The smallest absolute Gasteiger partial charge is 0.235 e. The lowest BCUT2D eigenvalue weighted by molar-refractivity contribution is 0.672. The number of hydrogen-bond donors (Lipinski definition) is 0. The molecule has 0 saturated carbocycles. The Morgan fingerprint density at radius 3 is 2.23 bits per heavy atom. The van der Waals surface area contributed by atoms with Crippen LogP contribution in [-0.2, 0) is 0 Å². The van der Waals surface area contributed by atoms with Crippen molar-refractivity contribution in [3.8, 4) is 17.2 Å². The van der Waals surface area contributed by atoms with Crippen LogP contribution in [0.5, 0.6) is 0 Å². The monoisotopic (exact) mass is 562 g/mol. The normalized spacial score (nSPS) is 12.1. The maximum atomic E-state index is 6.59. The van der Waals surface area contributed by atoms with E-state index in [1.165, 1.54) is 0 Å². The predicted octanol–water partition coefficient (Wildman–Crippen LogP) is 9.99. The van der Waals surface area contributed by atoms with Gasteiger partial charge < -0.3 is 4.42 Å². The summed E-state index contributed by atoms with van der Waals surface area (Å²) in [5.74, 6) is 0.624. The fourth-order valence-electron chi connectivity index (χ4n) is 6.99. The van der Waals surface area contributed by atoms with Crippen LogP contribution < -0.4 is 0 Å². The highest BCUT2D eigenvalue weighted by Gasteiger charge is 2.24. The van der Waals surface area contributed by atoms with E-state index in [2.05, 4.69) is 113 Å². The lowest BCUT2D eigenvalue weighted by atomic mass is 10.0. The molecule has 10 aromatic rings. The molecule has 0 aliphatic heterocycles. The van der Waals surface area contributed by atoms with E-state index in [4.69, 9.17) is 14.4 Å². The van der Waals surface area contributed by atoms with Crippen LogP contribution in [0, 0.1) is 0 Å². The van der Waals surface area contributed by atoms with Crippen LogP contribution in [0.1, 0.15) is 0 Å². The fourth-order valence-corrected chi connectivity index (χ4v) is 6.99. The fraction of sp³-hybridized carbons (Fsp3) is 0. The molecule has 6 aromatic carbocycles. The quantitative estimate of drug-likeness (QED) is 0.197. The van der Waals surface area contributed by atoms with Crippen LogP contribution in [0.3, 0.4) is 0 Å². The summed E-state index contributed by atoms with van der Waals surface area (Å²) in [5, 5.41) is 9.71. The summed E-state index contributed by atoms with van der Waals surface area (Å²) in [7, 11) is 0. The van der Waals surface area contributed by atoms with Gasteiger partial charge in [-0.1, -0.05) is 97.1 Å². The molecule has 0 fully saturated rings. The SMILES string of the molecule is c1ccc(-c2nc(-n3c4ccccc4c4c5ccncc5c5oc6ccccc6c5c43)nc3c2ccc2ccccc23)cc1. The lowest BCUT2D eigenvalue weighted by Crippen LogP contribution is -2.04. The molecule has 0 unspecified atom stereocenters. The van der Waals surface area contributed by atoms with Gasteiger partial charge in [-0.05, 0) is 35.0 Å². The van der Waals surface area contributed by atoms with Crippen LogP contribution >= 0.6 is 0 Å². The van der Waals surface area contributed by atoms with E-state index in [-0.39, 0.29) is 0 Å². The summed E-state index contributed by atoms with van der Waals surface area (Å²) in [5.41, 5.74) is 6.61. The van der Waals surface area contributed by atoms with E-state index in [0.717, 1.165) is 87.4 Å². The van der Waals surface area contributed by atoms with Crippen molar-refractivity contribution < 1.29 is 4.42 Å².